The number of allylic oxidation sites excluding steroid dienone is 10. The van der Waals surface area contributed by atoms with Crippen LogP contribution in [0, 0.1) is 0 Å². The van der Waals surface area contributed by atoms with Gasteiger partial charge in [0, 0.05) is 19.3 Å². The van der Waals surface area contributed by atoms with E-state index in [1.165, 1.54) is 44.9 Å². The molecule has 0 aliphatic rings. The summed E-state index contributed by atoms with van der Waals surface area (Å²) < 4.78 is 17.2. The molecule has 8 nitrogen and oxygen atoms in total. The van der Waals surface area contributed by atoms with Crippen LogP contribution in [0.2, 0.25) is 0 Å². The number of hydrogen-bond acceptors (Lipinski definition) is 6. The minimum atomic E-state index is -0.881. The number of ether oxygens (including phenoxy) is 3. The molecule has 0 bridgehead atoms. The maximum absolute atomic E-state index is 12.7. The van der Waals surface area contributed by atoms with Crippen molar-refractivity contribution in [2.24, 2.45) is 0 Å². The lowest BCUT2D eigenvalue weighted by molar-refractivity contribution is -0.887. The second-order valence-corrected chi connectivity index (χ2v) is 15.6. The van der Waals surface area contributed by atoms with Crippen LogP contribution in [0.5, 0.6) is 0 Å². The molecule has 1 N–H and O–H groups in total. The van der Waals surface area contributed by atoms with E-state index in [1.54, 1.807) is 0 Å². The molecule has 55 heavy (non-hydrogen) atoms. The van der Waals surface area contributed by atoms with Gasteiger partial charge in [-0.3, -0.25) is 9.59 Å². The first-order valence-electron chi connectivity index (χ1n) is 21.8. The molecule has 8 heteroatoms. The quantitative estimate of drug-likeness (QED) is 0.0289. The highest BCUT2D eigenvalue weighted by Gasteiger charge is 2.31. The molecule has 316 valence electrons. The van der Waals surface area contributed by atoms with Crippen molar-refractivity contribution in [3.05, 3.63) is 60.8 Å². The largest absolute Gasteiger partial charge is 0.477 e. The molecular formula is C47H82NO7+. The van der Waals surface area contributed by atoms with Crippen LogP contribution in [-0.2, 0) is 28.6 Å². The maximum atomic E-state index is 12.7. The van der Waals surface area contributed by atoms with Crippen molar-refractivity contribution >= 4 is 17.9 Å². The van der Waals surface area contributed by atoms with E-state index in [-0.39, 0.29) is 36.2 Å². The van der Waals surface area contributed by atoms with Gasteiger partial charge in [0.2, 0.25) is 0 Å². The van der Waals surface area contributed by atoms with Gasteiger partial charge in [0.1, 0.15) is 6.61 Å². The topological polar surface area (TPSA) is 99.1 Å². The highest BCUT2D eigenvalue weighted by molar-refractivity contribution is 5.72. The van der Waals surface area contributed by atoms with Crippen molar-refractivity contribution in [1.82, 2.24) is 0 Å². The molecule has 0 aliphatic heterocycles. The summed E-state index contributed by atoms with van der Waals surface area (Å²) in [5, 5.41) is 9.61. The van der Waals surface area contributed by atoms with Crippen LogP contribution in [0.4, 0.5) is 0 Å². The normalized spacial score (nSPS) is 13.5. The van der Waals surface area contributed by atoms with Gasteiger partial charge >= 0.3 is 17.9 Å². The molecule has 2 unspecified atom stereocenters. The van der Waals surface area contributed by atoms with Crippen LogP contribution in [-0.4, -0.2) is 80.6 Å². The number of hydrogen-bond donors (Lipinski definition) is 1. The maximum Gasteiger partial charge on any atom is 0.362 e. The van der Waals surface area contributed by atoms with Gasteiger partial charge in [0.05, 0.1) is 34.4 Å². The average molecular weight is 773 g/mol. The molecule has 0 aromatic rings. The molecule has 0 radical (unpaired) electrons. The van der Waals surface area contributed by atoms with Crippen molar-refractivity contribution in [3.63, 3.8) is 0 Å². The smallest absolute Gasteiger partial charge is 0.362 e. The molecular weight excluding hydrogens is 691 g/mol. The third-order valence-corrected chi connectivity index (χ3v) is 9.40. The summed E-state index contributed by atoms with van der Waals surface area (Å²) in [6, 6.07) is -0.620. The van der Waals surface area contributed by atoms with Gasteiger partial charge in [-0.05, 0) is 77.0 Å². The molecule has 2 atom stereocenters. The van der Waals surface area contributed by atoms with Gasteiger partial charge in [0.15, 0.2) is 12.1 Å². The van der Waals surface area contributed by atoms with E-state index >= 15 is 0 Å². The first-order valence-corrected chi connectivity index (χ1v) is 21.8. The summed E-state index contributed by atoms with van der Waals surface area (Å²) in [7, 11) is 5.51. The number of carboxylic acids is 1. The number of quaternary nitrogens is 1. The zero-order valence-corrected chi connectivity index (χ0v) is 35.9. The summed E-state index contributed by atoms with van der Waals surface area (Å²) in [5.74, 6) is -1.50. The van der Waals surface area contributed by atoms with Crippen LogP contribution in [0.25, 0.3) is 0 Å². The van der Waals surface area contributed by atoms with Crippen LogP contribution in [0.3, 0.4) is 0 Å². The van der Waals surface area contributed by atoms with Gasteiger partial charge in [-0.15, -0.1) is 0 Å². The predicted octanol–water partition coefficient (Wildman–Crippen LogP) is 11.8. The molecule has 0 aromatic carbocycles. The van der Waals surface area contributed by atoms with Crippen molar-refractivity contribution in [2.75, 3.05) is 41.0 Å². The zero-order valence-electron chi connectivity index (χ0n) is 35.9. The standard InChI is InChI=1S/C47H81NO7/c1-6-8-10-12-14-16-18-20-21-22-23-24-25-26-28-30-32-34-36-38-46(50)55-43(41-53-40-39-44(47(51)52)48(3,4)5)42-54-45(49)37-35-33-31-29-27-19-17-15-13-11-9-7-2/h8,10,14-17,20-21,23-24,43-44H,6-7,9,11-13,18-19,22,25-42H2,1-5H3/p+1/b10-8-,16-14-,17-15-,21-20-,24-23-. The Bertz CT molecular complexity index is 1090. The summed E-state index contributed by atoms with van der Waals surface area (Å²) in [5.41, 5.74) is 0. The van der Waals surface area contributed by atoms with E-state index in [9.17, 15) is 19.5 Å². The minimum Gasteiger partial charge on any atom is -0.477 e. The van der Waals surface area contributed by atoms with Crippen molar-refractivity contribution in [1.29, 1.82) is 0 Å². The van der Waals surface area contributed by atoms with E-state index in [1.807, 2.05) is 21.1 Å². The lowest BCUT2D eigenvalue weighted by atomic mass is 10.1. The number of aliphatic carboxylic acids is 1. The Kier molecular flexibility index (Phi) is 35.9. The second kappa shape index (κ2) is 37.9. The molecule has 0 heterocycles. The molecule has 0 rings (SSSR count). The number of carboxylic acid groups (broad SMARTS) is 1. The SMILES string of the molecule is CC/C=C\C/C=C\C/C=C\C/C=C\CCCCCCCCC(=O)OC(COCCC(C(=O)O)[N+](C)(C)C)COC(=O)CCCCCCC/C=C\CCCCC. The summed E-state index contributed by atoms with van der Waals surface area (Å²) >= 11 is 0. The molecule has 0 aromatic heterocycles. The first kappa shape index (κ1) is 52.0. The molecule has 0 fully saturated rings. The molecule has 0 aliphatic carbocycles. The Hall–Kier alpha value is -2.97. The van der Waals surface area contributed by atoms with E-state index in [4.69, 9.17) is 14.2 Å². The highest BCUT2D eigenvalue weighted by Crippen LogP contribution is 2.13. The Balaban J connectivity index is 4.38. The zero-order chi connectivity index (χ0) is 40.7. The molecule has 0 amide bonds. The fourth-order valence-corrected chi connectivity index (χ4v) is 6.02. The van der Waals surface area contributed by atoms with E-state index in [2.05, 4.69) is 74.6 Å². The Morgan fingerprint density at radius 1 is 0.564 bits per heavy atom. The number of rotatable bonds is 38. The molecule has 0 saturated carbocycles. The lowest BCUT2D eigenvalue weighted by Crippen LogP contribution is -2.50. The van der Waals surface area contributed by atoms with Crippen LogP contribution >= 0.6 is 0 Å². The number of likely N-dealkylation sites (N-methyl/N-ethyl adjacent to an activating group) is 1. The van der Waals surface area contributed by atoms with Gasteiger partial charge in [-0.1, -0.05) is 132 Å². The fourth-order valence-electron chi connectivity index (χ4n) is 6.02. The number of esters is 2. The molecule has 0 saturated heterocycles. The van der Waals surface area contributed by atoms with E-state index < -0.39 is 18.1 Å². The third-order valence-electron chi connectivity index (χ3n) is 9.40. The Morgan fingerprint density at radius 2 is 1.02 bits per heavy atom. The van der Waals surface area contributed by atoms with Crippen molar-refractivity contribution in [2.45, 2.75) is 180 Å². The van der Waals surface area contributed by atoms with E-state index in [0.717, 1.165) is 89.9 Å². The van der Waals surface area contributed by atoms with Crippen LogP contribution in [0.1, 0.15) is 168 Å². The van der Waals surface area contributed by atoms with Crippen LogP contribution < -0.4 is 0 Å². The fraction of sp³-hybridized carbons (Fsp3) is 0.723. The van der Waals surface area contributed by atoms with E-state index in [0.29, 0.717) is 19.3 Å². The van der Waals surface area contributed by atoms with Gasteiger partial charge < -0.3 is 23.8 Å². The third kappa shape index (κ3) is 36.4. The Morgan fingerprint density at radius 3 is 1.53 bits per heavy atom. The molecule has 0 spiro atoms. The van der Waals surface area contributed by atoms with Crippen molar-refractivity contribution in [3.8, 4) is 0 Å². The number of unbranched alkanes of at least 4 members (excludes halogenated alkanes) is 14. The highest BCUT2D eigenvalue weighted by atomic mass is 16.6. The van der Waals surface area contributed by atoms with Crippen molar-refractivity contribution < 1.29 is 38.2 Å². The van der Waals surface area contributed by atoms with Crippen LogP contribution in [0.15, 0.2) is 60.8 Å². The minimum absolute atomic E-state index is 0.0504. The second-order valence-electron chi connectivity index (χ2n) is 15.6. The average Bonchev–Trinajstić information content (AvgIpc) is 3.14. The predicted molar refractivity (Wildman–Crippen MR) is 229 cm³/mol. The summed E-state index contributed by atoms with van der Waals surface area (Å²) in [4.78, 5) is 36.9. The van der Waals surface area contributed by atoms with Gasteiger partial charge in [0.25, 0.3) is 0 Å². The van der Waals surface area contributed by atoms with Gasteiger partial charge in [-0.2, -0.15) is 0 Å². The van der Waals surface area contributed by atoms with Gasteiger partial charge in [-0.25, -0.2) is 4.79 Å². The lowest BCUT2D eigenvalue weighted by Gasteiger charge is -2.31. The number of nitrogens with zero attached hydrogens (tertiary/aromatic N) is 1. The first-order chi connectivity index (χ1) is 26.6. The monoisotopic (exact) mass is 773 g/mol. The summed E-state index contributed by atoms with van der Waals surface area (Å²) in [6.07, 6.45) is 45.4. The number of carbonyl (C=O) groups excluding carboxylic acids is 2. The summed E-state index contributed by atoms with van der Waals surface area (Å²) in [6.45, 7) is 4.56. The Labute approximate surface area is 337 Å². The number of carbonyl (C=O) groups is 3.